The smallest absolute Gasteiger partial charge is 0.351 e. The lowest BCUT2D eigenvalue weighted by Crippen LogP contribution is -2.40. The minimum atomic E-state index is -4.43. The normalized spacial score (nSPS) is 13.1. The Labute approximate surface area is 120 Å². The van der Waals surface area contributed by atoms with Gasteiger partial charge in [0.1, 0.15) is 0 Å². The second-order valence-electron chi connectivity index (χ2n) is 4.26. The van der Waals surface area contributed by atoms with Gasteiger partial charge in [-0.3, -0.25) is 4.79 Å². The molecule has 0 aromatic heterocycles. The van der Waals surface area contributed by atoms with E-state index in [0.29, 0.717) is 6.42 Å². The van der Waals surface area contributed by atoms with Crippen molar-refractivity contribution in [3.8, 4) is 0 Å². The highest BCUT2D eigenvalue weighted by atomic mass is 32.2. The Hall–Kier alpha value is -1.21. The summed E-state index contributed by atoms with van der Waals surface area (Å²) in [7, 11) is 0. The molecule has 7 heteroatoms. The Morgan fingerprint density at radius 3 is 2.65 bits per heavy atom. The van der Waals surface area contributed by atoms with Gasteiger partial charge in [-0.15, -0.1) is 0 Å². The van der Waals surface area contributed by atoms with E-state index in [4.69, 9.17) is 5.73 Å². The minimum absolute atomic E-state index is 0.0328. The molecule has 0 saturated carbocycles. The van der Waals surface area contributed by atoms with Crippen LogP contribution in [0, 0.1) is 0 Å². The van der Waals surface area contributed by atoms with E-state index in [0.717, 1.165) is 11.8 Å². The first-order chi connectivity index (χ1) is 9.36. The van der Waals surface area contributed by atoms with Crippen molar-refractivity contribution in [1.29, 1.82) is 0 Å². The fourth-order valence-electron chi connectivity index (χ4n) is 1.64. The van der Waals surface area contributed by atoms with E-state index in [2.05, 4.69) is 5.32 Å². The highest BCUT2D eigenvalue weighted by molar-refractivity contribution is 7.98. The van der Waals surface area contributed by atoms with Gasteiger partial charge in [0.15, 0.2) is 0 Å². The number of hydrogen-bond acceptors (Lipinski definition) is 3. The molecule has 0 fully saturated rings. The van der Waals surface area contributed by atoms with E-state index in [1.54, 1.807) is 11.8 Å². The van der Waals surface area contributed by atoms with Gasteiger partial charge in [-0.2, -0.15) is 24.9 Å². The van der Waals surface area contributed by atoms with Crippen molar-refractivity contribution in [3.05, 3.63) is 35.4 Å². The molecular formula is C13H17F3N2OS. The molecule has 3 N–H and O–H groups in total. The van der Waals surface area contributed by atoms with Gasteiger partial charge in [0, 0.05) is 6.54 Å². The molecule has 20 heavy (non-hydrogen) atoms. The second kappa shape index (κ2) is 7.54. The lowest BCUT2D eigenvalue weighted by atomic mass is 10.1. The molecule has 0 aliphatic carbocycles. The van der Waals surface area contributed by atoms with Gasteiger partial charge in [-0.25, -0.2) is 0 Å². The lowest BCUT2D eigenvalue weighted by molar-refractivity contribution is -0.138. The molecule has 112 valence electrons. The molecule has 1 amide bonds. The standard InChI is InChI=1S/C13H17F3N2OS/c1-20-7-6-11(17)12(19)18-8-9-4-2-3-5-10(9)13(14,15)16/h2-5,11H,6-8,17H2,1H3,(H,18,19)/t11-/m0/s1. The summed E-state index contributed by atoms with van der Waals surface area (Å²) in [6.45, 7) is -0.179. The van der Waals surface area contributed by atoms with Crippen molar-refractivity contribution >= 4 is 17.7 Å². The predicted octanol–water partition coefficient (Wildman–Crippen LogP) is 2.40. The molecule has 1 rings (SSSR count). The zero-order valence-electron chi connectivity index (χ0n) is 11.0. The van der Waals surface area contributed by atoms with E-state index in [1.165, 1.54) is 18.2 Å². The fraction of sp³-hybridized carbons (Fsp3) is 0.462. The summed E-state index contributed by atoms with van der Waals surface area (Å²) in [4.78, 5) is 11.7. The predicted molar refractivity (Wildman–Crippen MR) is 74.3 cm³/mol. The number of nitrogens with one attached hydrogen (secondary N) is 1. The number of carbonyl (C=O) groups is 1. The van der Waals surface area contributed by atoms with Crippen LogP contribution in [0.3, 0.4) is 0 Å². The highest BCUT2D eigenvalue weighted by Crippen LogP contribution is 2.31. The fourth-order valence-corrected chi connectivity index (χ4v) is 2.13. The minimum Gasteiger partial charge on any atom is -0.351 e. The van der Waals surface area contributed by atoms with E-state index >= 15 is 0 Å². The molecule has 0 spiro atoms. The maximum absolute atomic E-state index is 12.8. The van der Waals surface area contributed by atoms with Crippen molar-refractivity contribution < 1.29 is 18.0 Å². The monoisotopic (exact) mass is 306 g/mol. The van der Waals surface area contributed by atoms with Crippen molar-refractivity contribution in [2.45, 2.75) is 25.2 Å². The Bertz CT molecular complexity index is 451. The Kier molecular flexibility index (Phi) is 6.35. The Balaban J connectivity index is 2.64. The first-order valence-corrected chi connectivity index (χ1v) is 7.43. The van der Waals surface area contributed by atoms with Crippen LogP contribution in [0.2, 0.25) is 0 Å². The van der Waals surface area contributed by atoms with Crippen LogP contribution in [0.15, 0.2) is 24.3 Å². The van der Waals surface area contributed by atoms with Gasteiger partial charge in [0.25, 0.3) is 0 Å². The van der Waals surface area contributed by atoms with Crippen LogP contribution in [0.25, 0.3) is 0 Å². The zero-order chi connectivity index (χ0) is 15.2. The number of hydrogen-bond donors (Lipinski definition) is 2. The maximum atomic E-state index is 12.8. The molecule has 1 atom stereocenters. The topological polar surface area (TPSA) is 55.1 Å². The molecule has 0 radical (unpaired) electrons. The molecule has 1 aromatic carbocycles. The van der Waals surface area contributed by atoms with Crippen molar-refractivity contribution in [1.82, 2.24) is 5.32 Å². The molecule has 0 unspecified atom stereocenters. The van der Waals surface area contributed by atoms with Crippen LogP contribution in [-0.4, -0.2) is 24.0 Å². The number of halogens is 3. The number of amides is 1. The van der Waals surface area contributed by atoms with Crippen molar-refractivity contribution in [2.24, 2.45) is 5.73 Å². The number of benzene rings is 1. The SMILES string of the molecule is CSCC[C@H](N)C(=O)NCc1ccccc1C(F)(F)F. The summed E-state index contributed by atoms with van der Waals surface area (Å²) < 4.78 is 38.3. The molecule has 0 aliphatic heterocycles. The van der Waals surface area contributed by atoms with E-state index in [1.807, 2.05) is 6.26 Å². The van der Waals surface area contributed by atoms with Crippen LogP contribution < -0.4 is 11.1 Å². The quantitative estimate of drug-likeness (QED) is 0.848. The third-order valence-corrected chi connectivity index (χ3v) is 3.39. The average molecular weight is 306 g/mol. The molecule has 3 nitrogen and oxygen atoms in total. The van der Waals surface area contributed by atoms with Crippen molar-refractivity contribution in [3.63, 3.8) is 0 Å². The van der Waals surface area contributed by atoms with Crippen LogP contribution in [0.4, 0.5) is 13.2 Å². The number of carbonyl (C=O) groups excluding carboxylic acids is 1. The number of nitrogens with two attached hydrogens (primary N) is 1. The first-order valence-electron chi connectivity index (χ1n) is 6.03. The van der Waals surface area contributed by atoms with Crippen LogP contribution in [0.1, 0.15) is 17.5 Å². The first kappa shape index (κ1) is 16.8. The van der Waals surface area contributed by atoms with Crippen molar-refractivity contribution in [2.75, 3.05) is 12.0 Å². The summed E-state index contributed by atoms with van der Waals surface area (Å²) in [6.07, 6.45) is -2.04. The number of thioether (sulfide) groups is 1. The van der Waals surface area contributed by atoms with Gasteiger partial charge in [0.05, 0.1) is 11.6 Å². The van der Waals surface area contributed by atoms with Crippen LogP contribution >= 0.6 is 11.8 Å². The van der Waals surface area contributed by atoms with Gasteiger partial charge in [-0.05, 0) is 30.1 Å². The summed E-state index contributed by atoms with van der Waals surface area (Å²) in [5.74, 6) is 0.296. The summed E-state index contributed by atoms with van der Waals surface area (Å²) in [5, 5.41) is 2.45. The third kappa shape index (κ3) is 5.05. The molecular weight excluding hydrogens is 289 g/mol. The average Bonchev–Trinajstić information content (AvgIpc) is 2.41. The Morgan fingerprint density at radius 1 is 1.40 bits per heavy atom. The molecule has 0 bridgehead atoms. The van der Waals surface area contributed by atoms with Crippen LogP contribution in [-0.2, 0) is 17.5 Å². The second-order valence-corrected chi connectivity index (χ2v) is 5.25. The Morgan fingerprint density at radius 2 is 2.05 bits per heavy atom. The van der Waals surface area contributed by atoms with E-state index < -0.39 is 23.7 Å². The third-order valence-electron chi connectivity index (χ3n) is 2.75. The highest BCUT2D eigenvalue weighted by Gasteiger charge is 2.32. The molecule has 0 saturated heterocycles. The van der Waals surface area contributed by atoms with E-state index in [-0.39, 0.29) is 12.1 Å². The van der Waals surface area contributed by atoms with Gasteiger partial charge >= 0.3 is 6.18 Å². The number of alkyl halides is 3. The van der Waals surface area contributed by atoms with Crippen LogP contribution in [0.5, 0.6) is 0 Å². The maximum Gasteiger partial charge on any atom is 0.416 e. The molecule has 0 heterocycles. The molecule has 0 aliphatic rings. The molecule has 1 aromatic rings. The summed E-state index contributed by atoms with van der Waals surface area (Å²) in [5.41, 5.74) is 4.94. The van der Waals surface area contributed by atoms with Gasteiger partial charge < -0.3 is 11.1 Å². The largest absolute Gasteiger partial charge is 0.416 e. The number of rotatable bonds is 6. The zero-order valence-corrected chi connectivity index (χ0v) is 11.9. The summed E-state index contributed by atoms with van der Waals surface area (Å²) >= 11 is 1.56. The summed E-state index contributed by atoms with van der Waals surface area (Å²) in [6, 6.07) is 4.47. The van der Waals surface area contributed by atoms with Gasteiger partial charge in [0.2, 0.25) is 5.91 Å². The van der Waals surface area contributed by atoms with E-state index in [9.17, 15) is 18.0 Å². The van der Waals surface area contributed by atoms with Gasteiger partial charge in [-0.1, -0.05) is 18.2 Å². The lowest BCUT2D eigenvalue weighted by Gasteiger charge is -2.15.